The third kappa shape index (κ3) is 3.80. The Hall–Kier alpha value is -3.00. The molecule has 0 N–H and O–H groups in total. The average molecular weight is 383 g/mol. The molecule has 0 spiro atoms. The molecule has 0 atom stereocenters. The molecule has 0 fully saturated rings. The van der Waals surface area contributed by atoms with E-state index < -0.39 is 0 Å². The van der Waals surface area contributed by atoms with Gasteiger partial charge in [0.05, 0.1) is 5.52 Å². The molecule has 1 aliphatic rings. The van der Waals surface area contributed by atoms with Crippen LogP contribution < -0.4 is 4.90 Å². The summed E-state index contributed by atoms with van der Waals surface area (Å²) in [7, 11) is 2.14. The standard InChI is InChI=1S/C27H30N2/c1-4-5-17-26-21(2)25-16-9-10-18-27(25)29(26)24-15-11-14-23(19-20-24)28(3)22-12-7-6-8-13-22/h6-10,12-16,18-20H,4-5,11,17H2,1-3H3. The predicted octanol–water partition coefficient (Wildman–Crippen LogP) is 7.11. The molecular formula is C27H30N2. The molecule has 0 bridgehead atoms. The Morgan fingerprint density at radius 2 is 1.69 bits per heavy atom. The van der Waals surface area contributed by atoms with Gasteiger partial charge in [-0.05, 0) is 62.1 Å². The molecule has 29 heavy (non-hydrogen) atoms. The second kappa shape index (κ2) is 8.57. The number of likely N-dealkylation sites (N-methyl/N-ethyl adjacent to an activating group) is 1. The van der Waals surface area contributed by atoms with Crippen LogP contribution in [-0.2, 0) is 6.42 Å². The quantitative estimate of drug-likeness (QED) is 0.441. The van der Waals surface area contributed by atoms with E-state index in [9.17, 15) is 0 Å². The predicted molar refractivity (Wildman–Crippen MR) is 126 cm³/mol. The zero-order valence-electron chi connectivity index (χ0n) is 17.7. The van der Waals surface area contributed by atoms with Gasteiger partial charge >= 0.3 is 0 Å². The second-order valence-corrected chi connectivity index (χ2v) is 7.75. The summed E-state index contributed by atoms with van der Waals surface area (Å²) in [4.78, 5) is 2.25. The molecule has 0 unspecified atom stereocenters. The monoisotopic (exact) mass is 382 g/mol. The first kappa shape index (κ1) is 19.3. The Morgan fingerprint density at radius 1 is 0.931 bits per heavy atom. The van der Waals surface area contributed by atoms with Crippen molar-refractivity contribution >= 4 is 22.3 Å². The number of para-hydroxylation sites is 2. The van der Waals surface area contributed by atoms with Crippen molar-refractivity contribution in [2.24, 2.45) is 0 Å². The maximum atomic E-state index is 2.48. The number of nitrogens with zero attached hydrogens (tertiary/aromatic N) is 2. The molecule has 1 heterocycles. The summed E-state index contributed by atoms with van der Waals surface area (Å²) in [6.45, 7) is 4.54. The highest BCUT2D eigenvalue weighted by molar-refractivity contribution is 5.89. The van der Waals surface area contributed by atoms with Gasteiger partial charge in [0.15, 0.2) is 0 Å². The van der Waals surface area contributed by atoms with Gasteiger partial charge in [0, 0.05) is 35.2 Å². The molecule has 4 rings (SSSR count). The number of rotatable bonds is 6. The van der Waals surface area contributed by atoms with E-state index in [1.807, 2.05) is 0 Å². The topological polar surface area (TPSA) is 8.17 Å². The van der Waals surface area contributed by atoms with Crippen LogP contribution in [0.4, 0.5) is 5.69 Å². The molecule has 0 amide bonds. The number of hydrogen-bond acceptors (Lipinski definition) is 1. The lowest BCUT2D eigenvalue weighted by molar-refractivity contribution is 0.763. The fourth-order valence-corrected chi connectivity index (χ4v) is 4.22. The number of aryl methyl sites for hydroxylation is 1. The van der Waals surface area contributed by atoms with E-state index in [4.69, 9.17) is 0 Å². The Morgan fingerprint density at radius 3 is 2.48 bits per heavy atom. The first-order chi connectivity index (χ1) is 14.2. The van der Waals surface area contributed by atoms with Gasteiger partial charge in [0.25, 0.3) is 0 Å². The number of allylic oxidation sites excluding steroid dienone is 5. The van der Waals surface area contributed by atoms with Gasteiger partial charge in [-0.2, -0.15) is 0 Å². The highest BCUT2D eigenvalue weighted by Gasteiger charge is 2.16. The first-order valence-electron chi connectivity index (χ1n) is 10.7. The molecule has 0 saturated heterocycles. The maximum absolute atomic E-state index is 2.48. The summed E-state index contributed by atoms with van der Waals surface area (Å²) < 4.78 is 2.48. The van der Waals surface area contributed by atoms with Gasteiger partial charge in [0.1, 0.15) is 0 Å². The second-order valence-electron chi connectivity index (χ2n) is 7.75. The number of aromatic nitrogens is 1. The van der Waals surface area contributed by atoms with Gasteiger partial charge in [-0.3, -0.25) is 0 Å². The SMILES string of the molecule is CCCCc1c(C)c2ccccc2n1C1=CCC=C(N(C)c2ccccc2)C=C1. The number of anilines is 1. The third-order valence-corrected chi connectivity index (χ3v) is 5.89. The van der Waals surface area contributed by atoms with E-state index in [-0.39, 0.29) is 0 Å². The number of unbranched alkanes of at least 4 members (excludes halogenated alkanes) is 1. The van der Waals surface area contributed by atoms with Crippen molar-refractivity contribution in [3.05, 3.63) is 95.9 Å². The first-order valence-corrected chi connectivity index (χ1v) is 10.7. The molecule has 3 aromatic rings. The molecular weight excluding hydrogens is 352 g/mol. The highest BCUT2D eigenvalue weighted by atomic mass is 15.1. The van der Waals surface area contributed by atoms with Crippen molar-refractivity contribution in [1.29, 1.82) is 0 Å². The summed E-state index contributed by atoms with van der Waals surface area (Å²) in [6.07, 6.45) is 13.7. The Bertz CT molecular complexity index is 1080. The van der Waals surface area contributed by atoms with Gasteiger partial charge in [0.2, 0.25) is 0 Å². The van der Waals surface area contributed by atoms with Gasteiger partial charge < -0.3 is 9.47 Å². The molecule has 1 aliphatic carbocycles. The summed E-state index contributed by atoms with van der Waals surface area (Å²) in [6, 6.07) is 19.3. The number of hydrogen-bond donors (Lipinski definition) is 0. The van der Waals surface area contributed by atoms with E-state index in [2.05, 4.69) is 109 Å². The highest BCUT2D eigenvalue weighted by Crippen LogP contribution is 2.32. The summed E-state index contributed by atoms with van der Waals surface area (Å²) in [5, 5.41) is 1.37. The van der Waals surface area contributed by atoms with Crippen LogP contribution in [0.3, 0.4) is 0 Å². The van der Waals surface area contributed by atoms with Crippen molar-refractivity contribution in [2.75, 3.05) is 11.9 Å². The van der Waals surface area contributed by atoms with E-state index in [1.54, 1.807) is 0 Å². The minimum absolute atomic E-state index is 0.924. The molecule has 148 valence electrons. The van der Waals surface area contributed by atoms with Crippen molar-refractivity contribution < 1.29 is 0 Å². The van der Waals surface area contributed by atoms with E-state index in [0.29, 0.717) is 0 Å². The average Bonchev–Trinajstić information content (AvgIpc) is 2.90. The molecule has 0 aliphatic heterocycles. The van der Waals surface area contributed by atoms with Crippen LogP contribution in [0.5, 0.6) is 0 Å². The Balaban J connectivity index is 1.71. The smallest absolute Gasteiger partial charge is 0.0534 e. The Kier molecular flexibility index (Phi) is 5.71. The molecule has 2 nitrogen and oxygen atoms in total. The molecule has 2 aromatic carbocycles. The minimum atomic E-state index is 0.924. The summed E-state index contributed by atoms with van der Waals surface area (Å²) >= 11 is 0. The lowest BCUT2D eigenvalue weighted by Gasteiger charge is -2.20. The molecule has 1 aromatic heterocycles. The van der Waals surface area contributed by atoms with Crippen LogP contribution in [0.25, 0.3) is 16.6 Å². The van der Waals surface area contributed by atoms with E-state index >= 15 is 0 Å². The van der Waals surface area contributed by atoms with Crippen molar-refractivity contribution in [3.63, 3.8) is 0 Å². The molecule has 2 heteroatoms. The maximum Gasteiger partial charge on any atom is 0.0534 e. The Labute approximate surface area is 174 Å². The fraction of sp³-hybridized carbons (Fsp3) is 0.259. The fourth-order valence-electron chi connectivity index (χ4n) is 4.22. The van der Waals surface area contributed by atoms with Crippen LogP contribution in [0.2, 0.25) is 0 Å². The van der Waals surface area contributed by atoms with Crippen molar-refractivity contribution in [2.45, 2.75) is 39.5 Å². The van der Waals surface area contributed by atoms with Crippen LogP contribution in [0, 0.1) is 6.92 Å². The minimum Gasteiger partial charge on any atom is -0.345 e. The van der Waals surface area contributed by atoms with Gasteiger partial charge in [-0.25, -0.2) is 0 Å². The van der Waals surface area contributed by atoms with Crippen molar-refractivity contribution in [1.82, 2.24) is 4.57 Å². The zero-order chi connectivity index (χ0) is 20.2. The summed E-state index contributed by atoms with van der Waals surface area (Å²) in [5.41, 5.74) is 7.88. The van der Waals surface area contributed by atoms with Crippen molar-refractivity contribution in [3.8, 4) is 0 Å². The number of benzene rings is 2. The number of fused-ring (bicyclic) bond motifs is 1. The zero-order valence-corrected chi connectivity index (χ0v) is 17.7. The summed E-state index contributed by atoms with van der Waals surface area (Å²) in [5.74, 6) is 0. The van der Waals surface area contributed by atoms with E-state index in [1.165, 1.54) is 52.1 Å². The largest absolute Gasteiger partial charge is 0.345 e. The van der Waals surface area contributed by atoms with Crippen LogP contribution in [0.1, 0.15) is 37.4 Å². The van der Waals surface area contributed by atoms with Crippen LogP contribution >= 0.6 is 0 Å². The normalized spacial score (nSPS) is 13.9. The molecule has 0 saturated carbocycles. The van der Waals surface area contributed by atoms with Gasteiger partial charge in [-0.1, -0.05) is 61.9 Å². The lowest BCUT2D eigenvalue weighted by Crippen LogP contribution is -2.14. The van der Waals surface area contributed by atoms with Gasteiger partial charge in [-0.15, -0.1) is 0 Å². The van der Waals surface area contributed by atoms with Crippen LogP contribution in [-0.4, -0.2) is 11.6 Å². The van der Waals surface area contributed by atoms with E-state index in [0.717, 1.165) is 12.8 Å². The molecule has 0 radical (unpaired) electrons. The van der Waals surface area contributed by atoms with Crippen LogP contribution in [0.15, 0.2) is 84.6 Å². The third-order valence-electron chi connectivity index (χ3n) is 5.89. The lowest BCUT2D eigenvalue weighted by atomic mass is 10.1.